The minimum absolute atomic E-state index is 0.335. The highest BCUT2D eigenvalue weighted by Crippen LogP contribution is 2.43. The Labute approximate surface area is 119 Å². The predicted octanol–water partition coefficient (Wildman–Crippen LogP) is 3.56. The number of ether oxygens (including phenoxy) is 2. The highest BCUT2D eigenvalue weighted by molar-refractivity contribution is 6.31. The number of fused-ring (bicyclic) bond motifs is 1. The van der Waals surface area contributed by atoms with Crippen LogP contribution < -0.4 is 14.8 Å². The fraction of sp³-hybridized carbons (Fsp3) is 0.600. The van der Waals surface area contributed by atoms with Crippen LogP contribution in [0.15, 0.2) is 12.1 Å². The van der Waals surface area contributed by atoms with Gasteiger partial charge in [0.25, 0.3) is 0 Å². The summed E-state index contributed by atoms with van der Waals surface area (Å²) in [5.74, 6) is 2.29. The Hall–Kier alpha value is -0.930. The summed E-state index contributed by atoms with van der Waals surface area (Å²) in [6, 6.07) is 4.29. The van der Waals surface area contributed by atoms with Crippen LogP contribution in [0.5, 0.6) is 11.5 Å². The Kier molecular flexibility index (Phi) is 3.85. The Morgan fingerprint density at radius 2 is 1.95 bits per heavy atom. The Bertz CT molecular complexity index is 460. The molecule has 1 unspecified atom stereocenters. The van der Waals surface area contributed by atoms with E-state index in [4.69, 9.17) is 21.1 Å². The molecule has 1 atom stereocenters. The van der Waals surface area contributed by atoms with E-state index in [1.807, 2.05) is 6.07 Å². The monoisotopic (exact) mass is 281 g/mol. The van der Waals surface area contributed by atoms with Crippen molar-refractivity contribution in [3.8, 4) is 11.5 Å². The van der Waals surface area contributed by atoms with Gasteiger partial charge in [-0.3, -0.25) is 0 Å². The van der Waals surface area contributed by atoms with E-state index in [2.05, 4.69) is 18.3 Å². The molecule has 1 aliphatic carbocycles. The Balaban J connectivity index is 1.92. The number of benzene rings is 1. The molecule has 0 aromatic heterocycles. The van der Waals surface area contributed by atoms with Gasteiger partial charge in [0.1, 0.15) is 13.2 Å². The van der Waals surface area contributed by atoms with Crippen LogP contribution in [0.4, 0.5) is 0 Å². The van der Waals surface area contributed by atoms with Crippen molar-refractivity contribution < 1.29 is 9.47 Å². The summed E-state index contributed by atoms with van der Waals surface area (Å²) in [6.45, 7) is 4.30. The van der Waals surface area contributed by atoms with E-state index in [9.17, 15) is 0 Å². The molecule has 3 nitrogen and oxygen atoms in total. The molecule has 1 heterocycles. The molecule has 1 aromatic carbocycles. The third-order valence-corrected chi connectivity index (χ3v) is 4.37. The van der Waals surface area contributed by atoms with E-state index in [1.54, 1.807) is 0 Å². The standard InChI is InChI=1S/C15H20ClNO2/c1-2-17-15(10-4-3-5-10)11-8-13-14(9-12(11)16)19-7-6-18-13/h8-10,15,17H,2-7H2,1H3. The molecule has 0 spiro atoms. The van der Waals surface area contributed by atoms with E-state index >= 15 is 0 Å². The van der Waals surface area contributed by atoms with Gasteiger partial charge in [-0.2, -0.15) is 0 Å². The first-order valence-electron chi connectivity index (χ1n) is 7.12. The molecule has 0 amide bonds. The molecule has 1 N–H and O–H groups in total. The van der Waals surface area contributed by atoms with Gasteiger partial charge in [0.2, 0.25) is 0 Å². The highest BCUT2D eigenvalue weighted by atomic mass is 35.5. The predicted molar refractivity (Wildman–Crippen MR) is 76.2 cm³/mol. The van der Waals surface area contributed by atoms with Crippen LogP contribution in [-0.4, -0.2) is 19.8 Å². The second kappa shape index (κ2) is 5.59. The molecule has 19 heavy (non-hydrogen) atoms. The van der Waals surface area contributed by atoms with Crippen LogP contribution in [-0.2, 0) is 0 Å². The molecule has 1 aliphatic heterocycles. The minimum Gasteiger partial charge on any atom is -0.486 e. The average Bonchev–Trinajstić information content (AvgIpc) is 2.35. The maximum absolute atomic E-state index is 6.44. The fourth-order valence-electron chi connectivity index (χ4n) is 2.84. The van der Waals surface area contributed by atoms with Gasteiger partial charge < -0.3 is 14.8 Å². The van der Waals surface area contributed by atoms with E-state index in [-0.39, 0.29) is 0 Å². The number of hydrogen-bond donors (Lipinski definition) is 1. The summed E-state index contributed by atoms with van der Waals surface area (Å²) in [5, 5.41) is 4.35. The second-order valence-electron chi connectivity index (χ2n) is 5.24. The summed E-state index contributed by atoms with van der Waals surface area (Å²) in [5.41, 5.74) is 1.15. The molecule has 4 heteroatoms. The average molecular weight is 282 g/mol. The van der Waals surface area contributed by atoms with Crippen LogP contribution in [0.3, 0.4) is 0 Å². The largest absolute Gasteiger partial charge is 0.486 e. The summed E-state index contributed by atoms with van der Waals surface area (Å²) in [6.07, 6.45) is 3.89. The SMILES string of the molecule is CCNC(c1cc2c(cc1Cl)OCCO2)C1CCC1. The number of nitrogens with one attached hydrogen (secondary N) is 1. The summed E-state index contributed by atoms with van der Waals surface area (Å²) >= 11 is 6.44. The molecule has 104 valence electrons. The molecular weight excluding hydrogens is 262 g/mol. The fourth-order valence-corrected chi connectivity index (χ4v) is 3.11. The Morgan fingerprint density at radius 1 is 1.26 bits per heavy atom. The van der Waals surface area contributed by atoms with Gasteiger partial charge in [-0.15, -0.1) is 0 Å². The maximum Gasteiger partial charge on any atom is 0.162 e. The van der Waals surface area contributed by atoms with Crippen molar-refractivity contribution in [2.24, 2.45) is 5.92 Å². The van der Waals surface area contributed by atoms with Crippen molar-refractivity contribution in [1.82, 2.24) is 5.32 Å². The first-order valence-corrected chi connectivity index (χ1v) is 7.50. The third kappa shape index (κ3) is 2.54. The van der Waals surface area contributed by atoms with E-state index < -0.39 is 0 Å². The molecule has 3 rings (SSSR count). The normalized spacial score (nSPS) is 19.9. The van der Waals surface area contributed by atoms with Crippen molar-refractivity contribution >= 4 is 11.6 Å². The minimum atomic E-state index is 0.335. The molecule has 0 saturated heterocycles. The summed E-state index contributed by atoms with van der Waals surface area (Å²) < 4.78 is 11.2. The lowest BCUT2D eigenvalue weighted by molar-refractivity contribution is 0.170. The van der Waals surface area contributed by atoms with E-state index in [0.29, 0.717) is 25.2 Å². The number of rotatable bonds is 4. The molecule has 0 radical (unpaired) electrons. The lowest BCUT2D eigenvalue weighted by Gasteiger charge is -2.35. The topological polar surface area (TPSA) is 30.5 Å². The van der Waals surface area contributed by atoms with E-state index in [1.165, 1.54) is 19.3 Å². The van der Waals surface area contributed by atoms with Gasteiger partial charge in [0, 0.05) is 17.1 Å². The van der Waals surface area contributed by atoms with Crippen molar-refractivity contribution in [1.29, 1.82) is 0 Å². The lowest BCUT2D eigenvalue weighted by Crippen LogP contribution is -2.32. The molecule has 1 aromatic rings. The molecular formula is C15H20ClNO2. The van der Waals surface area contributed by atoms with Crippen molar-refractivity contribution in [3.63, 3.8) is 0 Å². The first kappa shape index (κ1) is 13.1. The molecule has 0 bridgehead atoms. The van der Waals surface area contributed by atoms with Crippen LogP contribution in [0.25, 0.3) is 0 Å². The Morgan fingerprint density at radius 3 is 2.53 bits per heavy atom. The zero-order valence-electron chi connectivity index (χ0n) is 11.2. The third-order valence-electron chi connectivity index (χ3n) is 4.04. The van der Waals surface area contributed by atoms with Gasteiger partial charge in [0.05, 0.1) is 0 Å². The number of hydrogen-bond acceptors (Lipinski definition) is 3. The smallest absolute Gasteiger partial charge is 0.162 e. The van der Waals surface area contributed by atoms with Gasteiger partial charge in [-0.1, -0.05) is 24.9 Å². The van der Waals surface area contributed by atoms with E-state index in [0.717, 1.165) is 28.6 Å². The lowest BCUT2D eigenvalue weighted by atomic mass is 9.77. The summed E-state index contributed by atoms with van der Waals surface area (Å²) in [4.78, 5) is 0. The molecule has 2 aliphatic rings. The van der Waals surface area contributed by atoms with Crippen molar-refractivity contribution in [2.45, 2.75) is 32.2 Å². The molecule has 1 fully saturated rings. The zero-order chi connectivity index (χ0) is 13.2. The van der Waals surface area contributed by atoms with Gasteiger partial charge >= 0.3 is 0 Å². The van der Waals surface area contributed by atoms with Crippen LogP contribution in [0, 0.1) is 5.92 Å². The molecule has 1 saturated carbocycles. The van der Waals surface area contributed by atoms with Crippen LogP contribution in [0.2, 0.25) is 5.02 Å². The van der Waals surface area contributed by atoms with Gasteiger partial charge in [-0.05, 0) is 36.9 Å². The second-order valence-corrected chi connectivity index (χ2v) is 5.65. The van der Waals surface area contributed by atoms with Gasteiger partial charge in [0.15, 0.2) is 11.5 Å². The van der Waals surface area contributed by atoms with Crippen LogP contribution in [0.1, 0.15) is 37.8 Å². The quantitative estimate of drug-likeness (QED) is 0.915. The van der Waals surface area contributed by atoms with Gasteiger partial charge in [-0.25, -0.2) is 0 Å². The van der Waals surface area contributed by atoms with Crippen molar-refractivity contribution in [2.75, 3.05) is 19.8 Å². The number of halogens is 1. The van der Waals surface area contributed by atoms with Crippen LogP contribution >= 0.6 is 11.6 Å². The highest BCUT2D eigenvalue weighted by Gasteiger charge is 2.30. The maximum atomic E-state index is 6.44. The first-order chi connectivity index (χ1) is 9.29. The summed E-state index contributed by atoms with van der Waals surface area (Å²) in [7, 11) is 0. The van der Waals surface area contributed by atoms with Crippen molar-refractivity contribution in [3.05, 3.63) is 22.7 Å². The zero-order valence-corrected chi connectivity index (χ0v) is 12.0.